The van der Waals surface area contributed by atoms with Gasteiger partial charge in [-0.3, -0.25) is 9.69 Å². The minimum absolute atomic E-state index is 0.162. The van der Waals surface area contributed by atoms with Crippen molar-refractivity contribution < 1.29 is 4.79 Å². The molecule has 0 aromatic heterocycles. The Labute approximate surface area is 115 Å². The van der Waals surface area contributed by atoms with E-state index in [0.29, 0.717) is 11.5 Å². The van der Waals surface area contributed by atoms with Crippen molar-refractivity contribution in [3.05, 3.63) is 0 Å². The zero-order valence-corrected chi connectivity index (χ0v) is 12.6. The van der Waals surface area contributed by atoms with Crippen LogP contribution in [0.1, 0.15) is 32.6 Å². The van der Waals surface area contributed by atoms with E-state index in [4.69, 9.17) is 18.0 Å². The van der Waals surface area contributed by atoms with Gasteiger partial charge in [0.15, 0.2) is 0 Å². The van der Waals surface area contributed by atoms with Crippen LogP contribution < -0.4 is 5.73 Å². The predicted molar refractivity (Wildman–Crippen MR) is 78.5 cm³/mol. The molecule has 1 saturated carbocycles. The second-order valence-corrected chi connectivity index (χ2v) is 6.17. The Morgan fingerprint density at radius 3 is 2.39 bits per heavy atom. The van der Waals surface area contributed by atoms with E-state index < -0.39 is 0 Å². The van der Waals surface area contributed by atoms with Gasteiger partial charge in [0.2, 0.25) is 5.91 Å². The highest BCUT2D eigenvalue weighted by Gasteiger charge is 2.44. The number of carbonyl (C=O) groups is 1. The van der Waals surface area contributed by atoms with E-state index in [1.807, 2.05) is 0 Å². The van der Waals surface area contributed by atoms with Crippen LogP contribution in [0.2, 0.25) is 0 Å². The molecule has 0 unspecified atom stereocenters. The molecule has 0 radical (unpaired) electrons. The van der Waals surface area contributed by atoms with Gasteiger partial charge in [-0.15, -0.1) is 0 Å². The van der Waals surface area contributed by atoms with Gasteiger partial charge in [0.05, 0.1) is 11.5 Å². The van der Waals surface area contributed by atoms with Crippen molar-refractivity contribution in [2.75, 3.05) is 33.7 Å². The summed E-state index contributed by atoms with van der Waals surface area (Å²) in [7, 11) is 3.60. The van der Waals surface area contributed by atoms with Crippen LogP contribution in [0.4, 0.5) is 0 Å². The summed E-state index contributed by atoms with van der Waals surface area (Å²) < 4.78 is 0. The van der Waals surface area contributed by atoms with Gasteiger partial charge in [0.1, 0.15) is 0 Å². The number of carbonyl (C=O) groups excluding carboxylic acids is 1. The highest BCUT2D eigenvalue weighted by molar-refractivity contribution is 7.80. The zero-order valence-electron chi connectivity index (χ0n) is 11.7. The van der Waals surface area contributed by atoms with Crippen molar-refractivity contribution in [2.45, 2.75) is 32.6 Å². The van der Waals surface area contributed by atoms with Crippen LogP contribution >= 0.6 is 12.2 Å². The molecule has 1 fully saturated rings. The Bertz CT molecular complexity index is 313. The van der Waals surface area contributed by atoms with Crippen molar-refractivity contribution in [1.82, 2.24) is 9.80 Å². The minimum atomic E-state index is 0.162. The third-order valence-electron chi connectivity index (χ3n) is 3.46. The molecule has 0 bridgehead atoms. The third kappa shape index (κ3) is 4.90. The first kappa shape index (κ1) is 15.4. The van der Waals surface area contributed by atoms with E-state index in [-0.39, 0.29) is 11.3 Å². The fourth-order valence-electron chi connectivity index (χ4n) is 2.27. The molecule has 1 aliphatic rings. The molecule has 0 saturated heterocycles. The van der Waals surface area contributed by atoms with Gasteiger partial charge in [0, 0.05) is 27.1 Å². The maximum Gasteiger partial charge on any atom is 0.236 e. The molecule has 18 heavy (non-hydrogen) atoms. The Morgan fingerprint density at radius 1 is 1.39 bits per heavy atom. The van der Waals surface area contributed by atoms with Gasteiger partial charge < -0.3 is 10.6 Å². The predicted octanol–water partition coefficient (Wildman–Crippen LogP) is 1.24. The molecular weight excluding hydrogens is 246 g/mol. The van der Waals surface area contributed by atoms with Crippen LogP contribution in [0.15, 0.2) is 0 Å². The normalized spacial score (nSPS) is 16.7. The smallest absolute Gasteiger partial charge is 0.236 e. The second kappa shape index (κ2) is 6.48. The SMILES string of the molecule is CCCN(CC(=O)N(C)C)CC1(CC(N)=S)CC1. The van der Waals surface area contributed by atoms with E-state index in [1.165, 1.54) is 12.8 Å². The molecule has 5 heteroatoms. The summed E-state index contributed by atoms with van der Waals surface area (Å²) in [6, 6.07) is 0. The van der Waals surface area contributed by atoms with Crippen LogP contribution in [0, 0.1) is 5.41 Å². The van der Waals surface area contributed by atoms with Crippen molar-refractivity contribution in [3.8, 4) is 0 Å². The first-order chi connectivity index (χ1) is 8.38. The number of likely N-dealkylation sites (N-methyl/N-ethyl adjacent to an activating group) is 1. The summed E-state index contributed by atoms with van der Waals surface area (Å²) in [5.74, 6) is 0.162. The van der Waals surface area contributed by atoms with Gasteiger partial charge >= 0.3 is 0 Å². The summed E-state index contributed by atoms with van der Waals surface area (Å²) in [5.41, 5.74) is 5.91. The van der Waals surface area contributed by atoms with E-state index in [2.05, 4.69) is 11.8 Å². The largest absolute Gasteiger partial charge is 0.393 e. The third-order valence-corrected chi connectivity index (χ3v) is 3.61. The van der Waals surface area contributed by atoms with Gasteiger partial charge in [0.25, 0.3) is 0 Å². The molecule has 0 aromatic rings. The molecule has 0 spiro atoms. The van der Waals surface area contributed by atoms with Crippen molar-refractivity contribution >= 4 is 23.1 Å². The van der Waals surface area contributed by atoms with Gasteiger partial charge in [-0.1, -0.05) is 19.1 Å². The van der Waals surface area contributed by atoms with Crippen LogP contribution in [0.5, 0.6) is 0 Å². The molecule has 0 atom stereocenters. The van der Waals surface area contributed by atoms with E-state index in [9.17, 15) is 4.79 Å². The molecule has 1 amide bonds. The molecule has 2 N–H and O–H groups in total. The van der Waals surface area contributed by atoms with E-state index in [0.717, 1.165) is 25.9 Å². The lowest BCUT2D eigenvalue weighted by molar-refractivity contribution is -0.130. The summed E-state index contributed by atoms with van der Waals surface area (Å²) in [6.07, 6.45) is 4.24. The molecule has 104 valence electrons. The number of rotatable bonds is 8. The molecule has 1 aliphatic carbocycles. The summed E-state index contributed by atoms with van der Waals surface area (Å²) in [4.78, 5) is 16.3. The van der Waals surface area contributed by atoms with Crippen molar-refractivity contribution in [3.63, 3.8) is 0 Å². The Morgan fingerprint density at radius 2 is 2.00 bits per heavy atom. The maximum atomic E-state index is 11.8. The van der Waals surface area contributed by atoms with Crippen LogP contribution in [-0.4, -0.2) is 54.4 Å². The highest BCUT2D eigenvalue weighted by atomic mass is 32.1. The number of thiocarbonyl (C=S) groups is 1. The topological polar surface area (TPSA) is 49.6 Å². The van der Waals surface area contributed by atoms with Crippen molar-refractivity contribution in [2.24, 2.45) is 11.1 Å². The van der Waals surface area contributed by atoms with Gasteiger partial charge in [-0.2, -0.15) is 0 Å². The number of nitrogens with two attached hydrogens (primary N) is 1. The summed E-state index contributed by atoms with van der Waals surface area (Å²) in [6.45, 7) is 4.54. The van der Waals surface area contributed by atoms with E-state index in [1.54, 1.807) is 19.0 Å². The molecular formula is C13H25N3OS. The lowest BCUT2D eigenvalue weighted by Gasteiger charge is -2.27. The number of amides is 1. The van der Waals surface area contributed by atoms with Crippen LogP contribution in [0.25, 0.3) is 0 Å². The number of hydrogen-bond donors (Lipinski definition) is 1. The second-order valence-electron chi connectivity index (χ2n) is 5.64. The summed E-state index contributed by atoms with van der Waals surface area (Å²) >= 11 is 5.01. The van der Waals surface area contributed by atoms with Crippen LogP contribution in [0.3, 0.4) is 0 Å². The minimum Gasteiger partial charge on any atom is -0.393 e. The first-order valence-electron chi connectivity index (χ1n) is 6.59. The number of hydrogen-bond acceptors (Lipinski definition) is 3. The quantitative estimate of drug-likeness (QED) is 0.675. The van der Waals surface area contributed by atoms with E-state index >= 15 is 0 Å². The highest BCUT2D eigenvalue weighted by Crippen LogP contribution is 2.49. The van der Waals surface area contributed by atoms with Crippen LogP contribution in [-0.2, 0) is 4.79 Å². The van der Waals surface area contributed by atoms with Gasteiger partial charge in [-0.25, -0.2) is 0 Å². The first-order valence-corrected chi connectivity index (χ1v) is 7.00. The fourth-order valence-corrected chi connectivity index (χ4v) is 2.58. The van der Waals surface area contributed by atoms with Gasteiger partial charge in [-0.05, 0) is 31.2 Å². The average molecular weight is 271 g/mol. The Balaban J connectivity index is 2.52. The molecule has 0 aliphatic heterocycles. The number of nitrogens with zero attached hydrogens (tertiary/aromatic N) is 2. The molecule has 4 nitrogen and oxygen atoms in total. The standard InChI is InChI=1S/C13H25N3OS/c1-4-7-16(9-12(17)15(2)3)10-13(5-6-13)8-11(14)18/h4-10H2,1-3H3,(H2,14,18). The maximum absolute atomic E-state index is 11.8. The Kier molecular flexibility index (Phi) is 5.53. The monoisotopic (exact) mass is 271 g/mol. The lowest BCUT2D eigenvalue weighted by Crippen LogP contribution is -2.40. The molecule has 0 heterocycles. The average Bonchev–Trinajstić information content (AvgIpc) is 2.96. The lowest BCUT2D eigenvalue weighted by atomic mass is 10.0. The zero-order chi connectivity index (χ0) is 13.8. The summed E-state index contributed by atoms with van der Waals surface area (Å²) in [5, 5.41) is 0. The van der Waals surface area contributed by atoms with Crippen molar-refractivity contribution in [1.29, 1.82) is 0 Å². The molecule has 1 rings (SSSR count). The fraction of sp³-hybridized carbons (Fsp3) is 0.846. The molecule has 0 aromatic carbocycles. The Hall–Kier alpha value is -0.680.